The van der Waals surface area contributed by atoms with Crippen LogP contribution in [0.15, 0.2) is 237 Å². The molecule has 10 aromatic carbocycles. The summed E-state index contributed by atoms with van der Waals surface area (Å²) in [4.78, 5) is 2.50. The van der Waals surface area contributed by atoms with Gasteiger partial charge in [-0.3, -0.25) is 0 Å². The molecule has 0 fully saturated rings. The molecule has 1 spiro atoms. The van der Waals surface area contributed by atoms with E-state index in [-0.39, 0.29) is 0 Å². The highest BCUT2D eigenvalue weighted by Gasteiger charge is 2.52. The molecule has 64 heavy (non-hydrogen) atoms. The van der Waals surface area contributed by atoms with Crippen LogP contribution < -0.4 is 4.90 Å². The minimum atomic E-state index is -0.516. The van der Waals surface area contributed by atoms with Gasteiger partial charge in [0.25, 0.3) is 0 Å². The van der Waals surface area contributed by atoms with Crippen molar-refractivity contribution in [1.29, 1.82) is 0 Å². The van der Waals surface area contributed by atoms with Crippen LogP contribution in [0.25, 0.3) is 53.6 Å². The zero-order chi connectivity index (χ0) is 42.0. The van der Waals surface area contributed by atoms with Crippen molar-refractivity contribution >= 4 is 48.6 Å². The number of rotatable bonds is 5. The molecule has 1 aromatic heterocycles. The third-order valence-corrected chi connectivity index (χ3v) is 15.7. The van der Waals surface area contributed by atoms with E-state index in [1.54, 1.807) is 0 Å². The average Bonchev–Trinajstić information content (AvgIpc) is 4.07. The Morgan fingerprint density at radius 1 is 0.266 bits per heavy atom. The molecule has 3 aliphatic carbocycles. The highest BCUT2D eigenvalue weighted by molar-refractivity contribution is 7.25. The van der Waals surface area contributed by atoms with Gasteiger partial charge in [-0.05, 0) is 120 Å². The maximum Gasteiger partial charge on any atom is 0.0725 e. The monoisotopic (exact) mass is 829 g/mol. The molecule has 0 radical (unpaired) electrons. The van der Waals surface area contributed by atoms with Gasteiger partial charge in [0.15, 0.2) is 0 Å². The van der Waals surface area contributed by atoms with E-state index in [9.17, 15) is 0 Å². The van der Waals surface area contributed by atoms with Gasteiger partial charge in [0.1, 0.15) is 0 Å². The number of hydrogen-bond acceptors (Lipinski definition) is 2. The second-order valence-electron chi connectivity index (χ2n) is 17.5. The minimum Gasteiger partial charge on any atom is -0.310 e. The summed E-state index contributed by atoms with van der Waals surface area (Å²) in [5, 5.41) is 2.60. The Morgan fingerprint density at radius 2 is 0.703 bits per heavy atom. The summed E-state index contributed by atoms with van der Waals surface area (Å²) in [6, 6.07) is 89.0. The molecule has 0 aliphatic heterocycles. The summed E-state index contributed by atoms with van der Waals surface area (Å²) >= 11 is 1.87. The first-order valence-electron chi connectivity index (χ1n) is 22.3. The fourth-order valence-corrected chi connectivity index (χ4v) is 13.3. The van der Waals surface area contributed by atoms with E-state index < -0.39 is 10.8 Å². The van der Waals surface area contributed by atoms with Gasteiger partial charge in [0.05, 0.1) is 10.8 Å². The van der Waals surface area contributed by atoms with Gasteiger partial charge in [-0.2, -0.15) is 0 Å². The van der Waals surface area contributed by atoms with Crippen molar-refractivity contribution in [2.24, 2.45) is 0 Å². The molecule has 0 saturated heterocycles. The molecule has 298 valence electrons. The first-order valence-corrected chi connectivity index (χ1v) is 23.1. The molecule has 0 amide bonds. The summed E-state index contributed by atoms with van der Waals surface area (Å²) in [5.41, 5.74) is 20.8. The fourth-order valence-electron chi connectivity index (χ4n) is 12.1. The maximum atomic E-state index is 2.50. The summed E-state index contributed by atoms with van der Waals surface area (Å²) in [6.45, 7) is 0. The highest BCUT2D eigenvalue weighted by atomic mass is 32.1. The molecule has 0 unspecified atom stereocenters. The quantitative estimate of drug-likeness (QED) is 0.167. The van der Waals surface area contributed by atoms with Gasteiger partial charge in [-0.1, -0.05) is 194 Å². The van der Waals surface area contributed by atoms with Gasteiger partial charge in [-0.15, -0.1) is 11.3 Å². The standard InChI is InChI=1S/C62H39NS/c1-2-17-40(18-3-1)61(53-27-10-4-21-45(53)46-22-5-11-28-54(46)61)41-19-16-20-42(37-41)63(44-33-35-51-50-26-9-15-32-59(50)64-60(51)39-44)43-34-36-58-52(38-43)49-25-8-14-31-57(49)62(58)55-29-12-6-23-47(55)48-24-7-13-30-56(48)62/h1-39H. The lowest BCUT2D eigenvalue weighted by atomic mass is 9.67. The first-order chi connectivity index (χ1) is 31.7. The molecule has 0 bridgehead atoms. The van der Waals surface area contributed by atoms with E-state index in [1.165, 1.54) is 98.1 Å². The van der Waals surface area contributed by atoms with Crippen LogP contribution in [-0.2, 0) is 10.8 Å². The van der Waals surface area contributed by atoms with Crippen LogP contribution in [-0.4, -0.2) is 0 Å². The molecule has 0 saturated carbocycles. The summed E-state index contributed by atoms with van der Waals surface area (Å²) in [6.07, 6.45) is 0. The zero-order valence-corrected chi connectivity index (χ0v) is 35.7. The van der Waals surface area contributed by atoms with Crippen LogP contribution in [0.5, 0.6) is 0 Å². The van der Waals surface area contributed by atoms with E-state index in [0.717, 1.165) is 17.1 Å². The van der Waals surface area contributed by atoms with Crippen LogP contribution in [0.1, 0.15) is 44.5 Å². The number of fused-ring (bicyclic) bond motifs is 16. The van der Waals surface area contributed by atoms with Crippen molar-refractivity contribution in [3.63, 3.8) is 0 Å². The van der Waals surface area contributed by atoms with Crippen molar-refractivity contribution < 1.29 is 0 Å². The van der Waals surface area contributed by atoms with E-state index in [0.29, 0.717) is 0 Å². The predicted octanol–water partition coefficient (Wildman–Crippen LogP) is 16.2. The Bertz CT molecular complexity index is 3610. The van der Waals surface area contributed by atoms with E-state index in [1.807, 2.05) is 11.3 Å². The number of benzene rings is 10. The Balaban J connectivity index is 1.03. The number of anilines is 3. The smallest absolute Gasteiger partial charge is 0.0725 e. The second kappa shape index (κ2) is 13.4. The largest absolute Gasteiger partial charge is 0.310 e. The third kappa shape index (κ3) is 4.63. The lowest BCUT2D eigenvalue weighted by molar-refractivity contribution is 0.768. The molecule has 11 aromatic rings. The third-order valence-electron chi connectivity index (χ3n) is 14.6. The topological polar surface area (TPSA) is 3.24 Å². The number of nitrogens with zero attached hydrogens (tertiary/aromatic N) is 1. The van der Waals surface area contributed by atoms with Gasteiger partial charge in [0.2, 0.25) is 0 Å². The lowest BCUT2D eigenvalue weighted by Gasteiger charge is -2.35. The van der Waals surface area contributed by atoms with Gasteiger partial charge >= 0.3 is 0 Å². The first kappa shape index (κ1) is 35.8. The van der Waals surface area contributed by atoms with E-state index in [2.05, 4.69) is 241 Å². The van der Waals surface area contributed by atoms with Crippen molar-refractivity contribution in [2.45, 2.75) is 10.8 Å². The lowest BCUT2D eigenvalue weighted by Crippen LogP contribution is -2.28. The fraction of sp³-hybridized carbons (Fsp3) is 0.0323. The summed E-state index contributed by atoms with van der Waals surface area (Å²) in [5.74, 6) is 0. The van der Waals surface area contributed by atoms with Gasteiger partial charge < -0.3 is 4.90 Å². The molecule has 2 heteroatoms. The zero-order valence-electron chi connectivity index (χ0n) is 34.9. The molecular formula is C62H39NS. The molecule has 1 heterocycles. The highest BCUT2D eigenvalue weighted by Crippen LogP contribution is 2.63. The number of thiophene rings is 1. The van der Waals surface area contributed by atoms with Crippen molar-refractivity contribution in [2.75, 3.05) is 4.90 Å². The van der Waals surface area contributed by atoms with Crippen molar-refractivity contribution in [1.82, 2.24) is 0 Å². The molecule has 1 nitrogen and oxygen atoms in total. The Labute approximate surface area is 376 Å². The Hall–Kier alpha value is -7.78. The van der Waals surface area contributed by atoms with Gasteiger partial charge in [-0.25, -0.2) is 0 Å². The molecule has 0 atom stereocenters. The van der Waals surface area contributed by atoms with Crippen LogP contribution in [0.3, 0.4) is 0 Å². The molecule has 14 rings (SSSR count). The Morgan fingerprint density at radius 3 is 1.33 bits per heavy atom. The van der Waals surface area contributed by atoms with Crippen molar-refractivity contribution in [3.8, 4) is 33.4 Å². The maximum absolute atomic E-state index is 2.50. The summed E-state index contributed by atoms with van der Waals surface area (Å²) in [7, 11) is 0. The SMILES string of the molecule is c1ccc(C2(c3cccc(N(c4ccc5c(c4)-c4ccccc4C54c5ccccc5-c5ccccc54)c4ccc5c(c4)sc4ccccc45)c3)c3ccccc3-c3ccccc32)cc1. The average molecular weight is 830 g/mol. The molecular weight excluding hydrogens is 791 g/mol. The van der Waals surface area contributed by atoms with Crippen molar-refractivity contribution in [3.05, 3.63) is 281 Å². The van der Waals surface area contributed by atoms with Gasteiger partial charge in [0, 0.05) is 37.2 Å². The van der Waals surface area contributed by atoms with Crippen LogP contribution >= 0.6 is 11.3 Å². The van der Waals surface area contributed by atoms with Crippen LogP contribution in [0, 0.1) is 0 Å². The van der Waals surface area contributed by atoms with E-state index in [4.69, 9.17) is 0 Å². The second-order valence-corrected chi connectivity index (χ2v) is 18.6. The predicted molar refractivity (Wildman–Crippen MR) is 268 cm³/mol. The normalized spacial score (nSPS) is 14.2. The minimum absolute atomic E-state index is 0.399. The van der Waals surface area contributed by atoms with Crippen LogP contribution in [0.2, 0.25) is 0 Å². The van der Waals surface area contributed by atoms with Crippen LogP contribution in [0.4, 0.5) is 17.1 Å². The Kier molecular flexibility index (Phi) is 7.47. The van der Waals surface area contributed by atoms with E-state index >= 15 is 0 Å². The summed E-state index contributed by atoms with van der Waals surface area (Å²) < 4.78 is 2.59. The molecule has 3 aliphatic rings. The molecule has 0 N–H and O–H groups in total. The number of hydrogen-bond donors (Lipinski definition) is 0.